The summed E-state index contributed by atoms with van der Waals surface area (Å²) in [5.41, 5.74) is 1.78. The number of rotatable bonds is 6. The van der Waals surface area contributed by atoms with E-state index in [1.807, 2.05) is 18.2 Å². The topological polar surface area (TPSA) is 70.9 Å². The van der Waals surface area contributed by atoms with Gasteiger partial charge in [-0.15, -0.1) is 0 Å². The molecule has 27 heavy (non-hydrogen) atoms. The zero-order chi connectivity index (χ0) is 19.4. The van der Waals surface area contributed by atoms with E-state index in [4.69, 9.17) is 0 Å². The zero-order valence-corrected chi connectivity index (χ0v) is 16.5. The van der Waals surface area contributed by atoms with Gasteiger partial charge in [-0.1, -0.05) is 30.3 Å². The molecule has 0 radical (unpaired) electrons. The third-order valence-corrected chi connectivity index (χ3v) is 6.74. The summed E-state index contributed by atoms with van der Waals surface area (Å²) >= 11 is 0. The van der Waals surface area contributed by atoms with Crippen molar-refractivity contribution in [2.24, 2.45) is 0 Å². The number of quaternary nitrogens is 1. The van der Waals surface area contributed by atoms with Gasteiger partial charge in [-0.3, -0.25) is 4.79 Å². The summed E-state index contributed by atoms with van der Waals surface area (Å²) in [5, 5.41) is 3.07. The van der Waals surface area contributed by atoms with Crippen LogP contribution in [-0.4, -0.2) is 51.9 Å². The summed E-state index contributed by atoms with van der Waals surface area (Å²) in [7, 11) is -0.509. The first-order valence-electron chi connectivity index (χ1n) is 9.07. The molecule has 2 aromatic carbocycles. The lowest BCUT2D eigenvalue weighted by molar-refractivity contribution is -0.901. The molecule has 0 aliphatic carbocycles. The van der Waals surface area contributed by atoms with Crippen LogP contribution in [0, 0.1) is 0 Å². The maximum absolute atomic E-state index is 12.5. The van der Waals surface area contributed by atoms with E-state index in [1.165, 1.54) is 36.7 Å². The van der Waals surface area contributed by atoms with Crippen LogP contribution in [0.4, 0.5) is 0 Å². The maximum atomic E-state index is 12.5. The molecule has 1 aliphatic rings. The lowest BCUT2D eigenvalue weighted by Gasteiger charge is -2.15. The van der Waals surface area contributed by atoms with Gasteiger partial charge in [0.25, 0.3) is 5.91 Å². The minimum Gasteiger partial charge on any atom is -0.343 e. The average molecular weight is 389 g/mol. The van der Waals surface area contributed by atoms with E-state index in [9.17, 15) is 13.2 Å². The summed E-state index contributed by atoms with van der Waals surface area (Å²) in [4.78, 5) is 14.1. The lowest BCUT2D eigenvalue weighted by atomic mass is 10.2. The van der Waals surface area contributed by atoms with Crippen molar-refractivity contribution in [1.82, 2.24) is 9.62 Å². The standard InChI is InChI=1S/C20H25N3O3S/c1-22(2)27(25,26)19-10-8-17(9-11-19)20(24)21-18-12-13-23(15-18)14-16-6-4-3-5-7-16/h3-11,18H,12-15H2,1-2H3,(H,21,24)/p+1/t18-/m0/s1. The van der Waals surface area contributed by atoms with Crippen molar-refractivity contribution >= 4 is 15.9 Å². The molecule has 3 rings (SSSR count). The van der Waals surface area contributed by atoms with Crippen LogP contribution in [0.3, 0.4) is 0 Å². The van der Waals surface area contributed by atoms with Gasteiger partial charge >= 0.3 is 0 Å². The molecule has 144 valence electrons. The Labute approximate surface area is 160 Å². The molecule has 1 aliphatic heterocycles. The fourth-order valence-corrected chi connectivity index (χ4v) is 4.26. The van der Waals surface area contributed by atoms with Gasteiger partial charge in [-0.2, -0.15) is 0 Å². The van der Waals surface area contributed by atoms with Crippen LogP contribution >= 0.6 is 0 Å². The highest BCUT2D eigenvalue weighted by molar-refractivity contribution is 7.89. The van der Waals surface area contributed by atoms with Crippen molar-refractivity contribution in [3.63, 3.8) is 0 Å². The molecule has 1 fully saturated rings. The highest BCUT2D eigenvalue weighted by Crippen LogP contribution is 2.14. The number of hydrogen-bond donors (Lipinski definition) is 2. The number of benzene rings is 2. The monoisotopic (exact) mass is 388 g/mol. The molecule has 1 amide bonds. The molecule has 0 bridgehead atoms. The number of carbonyl (C=O) groups is 1. The summed E-state index contributed by atoms with van der Waals surface area (Å²) in [6.45, 7) is 2.89. The van der Waals surface area contributed by atoms with Crippen LogP contribution in [-0.2, 0) is 16.6 Å². The molecule has 1 saturated heterocycles. The van der Waals surface area contributed by atoms with Crippen LogP contribution in [0.2, 0.25) is 0 Å². The number of amides is 1. The number of sulfonamides is 1. The first kappa shape index (κ1) is 19.5. The third-order valence-electron chi connectivity index (χ3n) is 4.91. The highest BCUT2D eigenvalue weighted by Gasteiger charge is 2.27. The molecular weight excluding hydrogens is 362 g/mol. The molecule has 1 heterocycles. The Hall–Kier alpha value is -2.22. The van der Waals surface area contributed by atoms with Gasteiger partial charge in [0.05, 0.1) is 24.0 Å². The highest BCUT2D eigenvalue weighted by atomic mass is 32.2. The summed E-state index contributed by atoms with van der Waals surface area (Å²) in [5.74, 6) is -0.158. The van der Waals surface area contributed by atoms with Crippen LogP contribution in [0.25, 0.3) is 0 Å². The molecule has 0 saturated carbocycles. The minimum atomic E-state index is -3.48. The van der Waals surface area contributed by atoms with Gasteiger partial charge in [0.2, 0.25) is 10.0 Å². The van der Waals surface area contributed by atoms with Gasteiger partial charge in [0, 0.05) is 31.6 Å². The molecule has 2 aromatic rings. The van der Waals surface area contributed by atoms with Crippen molar-refractivity contribution in [3.8, 4) is 0 Å². The van der Waals surface area contributed by atoms with Crippen molar-refractivity contribution in [2.45, 2.75) is 23.9 Å². The predicted molar refractivity (Wildman–Crippen MR) is 104 cm³/mol. The Balaban J connectivity index is 1.56. The molecule has 0 aromatic heterocycles. The molecule has 2 N–H and O–H groups in total. The van der Waals surface area contributed by atoms with Crippen LogP contribution < -0.4 is 10.2 Å². The quantitative estimate of drug-likeness (QED) is 0.758. The molecule has 7 heteroatoms. The largest absolute Gasteiger partial charge is 0.343 e. The molecule has 2 atom stereocenters. The second kappa shape index (κ2) is 8.21. The van der Waals surface area contributed by atoms with Gasteiger partial charge in [0.1, 0.15) is 6.54 Å². The van der Waals surface area contributed by atoms with Crippen LogP contribution in [0.5, 0.6) is 0 Å². The number of likely N-dealkylation sites (tertiary alicyclic amines) is 1. The van der Waals surface area contributed by atoms with Crippen molar-refractivity contribution in [1.29, 1.82) is 0 Å². The van der Waals surface area contributed by atoms with Crippen molar-refractivity contribution in [3.05, 3.63) is 65.7 Å². The van der Waals surface area contributed by atoms with E-state index in [0.717, 1.165) is 30.4 Å². The smallest absolute Gasteiger partial charge is 0.251 e. The molecular formula is C20H26N3O3S+. The second-order valence-corrected chi connectivity index (χ2v) is 9.29. The fraction of sp³-hybridized carbons (Fsp3) is 0.350. The number of carbonyl (C=O) groups excluding carboxylic acids is 1. The van der Waals surface area contributed by atoms with E-state index in [1.54, 1.807) is 12.1 Å². The Bertz CT molecular complexity index is 880. The first-order chi connectivity index (χ1) is 12.9. The van der Waals surface area contributed by atoms with E-state index < -0.39 is 10.0 Å². The third kappa shape index (κ3) is 4.74. The predicted octanol–water partition coefficient (Wildman–Crippen LogP) is 0.524. The number of nitrogens with zero attached hydrogens (tertiary/aromatic N) is 1. The van der Waals surface area contributed by atoms with Crippen LogP contribution in [0.15, 0.2) is 59.5 Å². The molecule has 0 spiro atoms. The summed E-state index contributed by atoms with van der Waals surface area (Å²) in [6, 6.07) is 16.6. The van der Waals surface area contributed by atoms with E-state index in [-0.39, 0.29) is 16.8 Å². The maximum Gasteiger partial charge on any atom is 0.251 e. The van der Waals surface area contributed by atoms with Gasteiger partial charge in [-0.05, 0) is 24.3 Å². The normalized spacial score (nSPS) is 20.0. The lowest BCUT2D eigenvalue weighted by Crippen LogP contribution is -3.09. The Morgan fingerprint density at radius 3 is 2.41 bits per heavy atom. The van der Waals surface area contributed by atoms with Gasteiger partial charge in [-0.25, -0.2) is 12.7 Å². The summed E-state index contributed by atoms with van der Waals surface area (Å²) in [6.07, 6.45) is 0.945. The molecule has 1 unspecified atom stereocenters. The zero-order valence-electron chi connectivity index (χ0n) is 15.7. The second-order valence-electron chi connectivity index (χ2n) is 7.14. The molecule has 6 nitrogen and oxygen atoms in total. The van der Waals surface area contributed by atoms with Gasteiger partial charge < -0.3 is 10.2 Å². The number of nitrogens with one attached hydrogen (secondary N) is 2. The minimum absolute atomic E-state index is 0.140. The van der Waals surface area contributed by atoms with E-state index >= 15 is 0 Å². The van der Waals surface area contributed by atoms with Crippen molar-refractivity contribution in [2.75, 3.05) is 27.2 Å². The first-order valence-corrected chi connectivity index (χ1v) is 10.5. The van der Waals surface area contributed by atoms with Gasteiger partial charge in [0.15, 0.2) is 0 Å². The Morgan fingerprint density at radius 2 is 1.78 bits per heavy atom. The summed E-state index contributed by atoms with van der Waals surface area (Å²) < 4.78 is 25.4. The van der Waals surface area contributed by atoms with Crippen LogP contribution in [0.1, 0.15) is 22.3 Å². The average Bonchev–Trinajstić information content (AvgIpc) is 3.09. The van der Waals surface area contributed by atoms with E-state index in [0.29, 0.717) is 5.56 Å². The fourth-order valence-electron chi connectivity index (χ4n) is 3.36. The Morgan fingerprint density at radius 1 is 1.11 bits per heavy atom. The SMILES string of the molecule is CN(C)S(=O)(=O)c1ccc(C(=O)N[C@H]2CC[NH+](Cc3ccccc3)C2)cc1. The number of hydrogen-bond acceptors (Lipinski definition) is 3. The van der Waals surface area contributed by atoms with Crippen molar-refractivity contribution < 1.29 is 18.1 Å². The Kier molecular flexibility index (Phi) is 5.94. The van der Waals surface area contributed by atoms with E-state index in [2.05, 4.69) is 17.4 Å².